The first-order valence-electron chi connectivity index (χ1n) is 6.51. The number of hydrogen-bond acceptors (Lipinski definition) is 3. The van der Waals surface area contributed by atoms with E-state index in [9.17, 15) is 23.5 Å². The number of aliphatic hydroxyl groups excluding tert-OH is 1. The summed E-state index contributed by atoms with van der Waals surface area (Å²) in [4.78, 5) is 23.0. The Kier molecular flexibility index (Phi) is 6.23. The van der Waals surface area contributed by atoms with Crippen molar-refractivity contribution < 1.29 is 23.5 Å². The van der Waals surface area contributed by atoms with Crippen molar-refractivity contribution in [2.24, 2.45) is 5.92 Å². The number of rotatable bonds is 5. The summed E-state index contributed by atoms with van der Waals surface area (Å²) in [5.74, 6) is -3.52. The van der Waals surface area contributed by atoms with E-state index in [4.69, 9.17) is 0 Å². The number of carbonyl (C=O) groups is 2. The van der Waals surface area contributed by atoms with Gasteiger partial charge in [-0.15, -0.1) is 0 Å². The van der Waals surface area contributed by atoms with Crippen LogP contribution in [-0.2, 0) is 9.59 Å². The summed E-state index contributed by atoms with van der Waals surface area (Å²) in [7, 11) is 0. The Hall–Kier alpha value is -2.02. The topological polar surface area (TPSA) is 78.4 Å². The Morgan fingerprint density at radius 2 is 1.71 bits per heavy atom. The average molecular weight is 300 g/mol. The van der Waals surface area contributed by atoms with Crippen molar-refractivity contribution in [2.75, 3.05) is 11.9 Å². The van der Waals surface area contributed by atoms with Gasteiger partial charge in [-0.1, -0.05) is 13.8 Å². The van der Waals surface area contributed by atoms with Crippen molar-refractivity contribution in [3.05, 3.63) is 29.8 Å². The summed E-state index contributed by atoms with van der Waals surface area (Å²) in [6.45, 7) is 3.76. The van der Waals surface area contributed by atoms with Crippen molar-refractivity contribution in [2.45, 2.75) is 26.4 Å². The lowest BCUT2D eigenvalue weighted by Crippen LogP contribution is -2.39. The van der Waals surface area contributed by atoms with Gasteiger partial charge in [0, 0.05) is 18.3 Å². The van der Waals surface area contributed by atoms with Crippen LogP contribution >= 0.6 is 0 Å². The monoisotopic (exact) mass is 300 g/mol. The molecule has 21 heavy (non-hydrogen) atoms. The molecule has 1 unspecified atom stereocenters. The van der Waals surface area contributed by atoms with E-state index in [0.717, 1.165) is 12.1 Å². The Balaban J connectivity index is 2.49. The standard InChI is InChI=1S/C14H18F2N2O3/c1-8(2)3-12(19)7-17-13(20)14(21)18-11-5-9(15)4-10(16)6-11/h4-6,8,12,19H,3,7H2,1-2H3,(H,17,20)(H,18,21). The number of anilines is 1. The Morgan fingerprint density at radius 3 is 2.24 bits per heavy atom. The van der Waals surface area contributed by atoms with Gasteiger partial charge in [0.25, 0.3) is 0 Å². The Labute approximate surface area is 121 Å². The summed E-state index contributed by atoms with van der Waals surface area (Å²) in [6.07, 6.45) is -0.273. The van der Waals surface area contributed by atoms with Gasteiger partial charge in [-0.05, 0) is 24.5 Å². The van der Waals surface area contributed by atoms with Crippen LogP contribution in [0.2, 0.25) is 0 Å². The van der Waals surface area contributed by atoms with E-state index in [1.54, 1.807) is 0 Å². The highest BCUT2D eigenvalue weighted by molar-refractivity contribution is 6.39. The van der Waals surface area contributed by atoms with Gasteiger partial charge in [-0.3, -0.25) is 9.59 Å². The second-order valence-corrected chi connectivity index (χ2v) is 5.11. The highest BCUT2D eigenvalue weighted by Gasteiger charge is 2.16. The van der Waals surface area contributed by atoms with Gasteiger partial charge >= 0.3 is 11.8 Å². The zero-order valence-corrected chi connectivity index (χ0v) is 11.8. The summed E-state index contributed by atoms with van der Waals surface area (Å²) < 4.78 is 25.9. The summed E-state index contributed by atoms with van der Waals surface area (Å²) in [5, 5.41) is 13.9. The van der Waals surface area contributed by atoms with Crippen LogP contribution < -0.4 is 10.6 Å². The van der Waals surface area contributed by atoms with Crippen molar-refractivity contribution in [3.63, 3.8) is 0 Å². The normalized spacial score (nSPS) is 12.1. The third-order valence-corrected chi connectivity index (χ3v) is 2.57. The van der Waals surface area contributed by atoms with Crippen molar-refractivity contribution >= 4 is 17.5 Å². The minimum Gasteiger partial charge on any atom is -0.391 e. The number of halogens is 2. The van der Waals surface area contributed by atoms with Gasteiger partial charge in [0.15, 0.2) is 0 Å². The molecule has 0 aromatic heterocycles. The molecule has 0 radical (unpaired) electrons. The molecule has 0 saturated carbocycles. The van der Waals surface area contributed by atoms with Crippen LogP contribution in [0, 0.1) is 17.6 Å². The van der Waals surface area contributed by atoms with E-state index in [-0.39, 0.29) is 18.2 Å². The lowest BCUT2D eigenvalue weighted by Gasteiger charge is -2.13. The lowest BCUT2D eigenvalue weighted by molar-refractivity contribution is -0.136. The summed E-state index contributed by atoms with van der Waals surface area (Å²) >= 11 is 0. The van der Waals surface area contributed by atoms with Crippen LogP contribution in [0.5, 0.6) is 0 Å². The lowest BCUT2D eigenvalue weighted by atomic mass is 10.1. The molecule has 0 bridgehead atoms. The molecule has 1 atom stereocenters. The van der Waals surface area contributed by atoms with E-state index >= 15 is 0 Å². The molecule has 0 heterocycles. The highest BCUT2D eigenvalue weighted by atomic mass is 19.1. The molecule has 0 fully saturated rings. The quantitative estimate of drug-likeness (QED) is 0.720. The third kappa shape index (κ3) is 6.31. The molecular weight excluding hydrogens is 282 g/mol. The number of benzene rings is 1. The molecule has 1 rings (SSSR count). The van der Waals surface area contributed by atoms with Crippen molar-refractivity contribution in [3.8, 4) is 0 Å². The number of nitrogens with one attached hydrogen (secondary N) is 2. The second-order valence-electron chi connectivity index (χ2n) is 5.11. The van der Waals surface area contributed by atoms with Crippen LogP contribution in [0.4, 0.5) is 14.5 Å². The smallest absolute Gasteiger partial charge is 0.313 e. The minimum atomic E-state index is -1.06. The Bertz CT molecular complexity index is 501. The van der Waals surface area contributed by atoms with Gasteiger partial charge in [0.1, 0.15) is 11.6 Å². The van der Waals surface area contributed by atoms with Gasteiger partial charge in [-0.2, -0.15) is 0 Å². The maximum absolute atomic E-state index is 12.9. The van der Waals surface area contributed by atoms with Crippen LogP contribution in [0.15, 0.2) is 18.2 Å². The zero-order valence-electron chi connectivity index (χ0n) is 11.8. The number of hydrogen-bond donors (Lipinski definition) is 3. The minimum absolute atomic E-state index is 0.0675. The molecule has 1 aromatic rings. The van der Waals surface area contributed by atoms with Crippen LogP contribution in [0.1, 0.15) is 20.3 Å². The van der Waals surface area contributed by atoms with E-state index in [0.29, 0.717) is 12.5 Å². The van der Waals surface area contributed by atoms with Crippen LogP contribution in [-0.4, -0.2) is 29.6 Å². The maximum Gasteiger partial charge on any atom is 0.313 e. The first kappa shape index (κ1) is 17.0. The van der Waals surface area contributed by atoms with Gasteiger partial charge in [0.2, 0.25) is 0 Å². The number of amides is 2. The molecular formula is C14H18F2N2O3. The van der Waals surface area contributed by atoms with Gasteiger partial charge in [-0.25, -0.2) is 8.78 Å². The predicted octanol–water partition coefficient (Wildman–Crippen LogP) is 1.43. The fraction of sp³-hybridized carbons (Fsp3) is 0.429. The molecule has 116 valence electrons. The molecule has 5 nitrogen and oxygen atoms in total. The fourth-order valence-corrected chi connectivity index (χ4v) is 1.73. The second kappa shape index (κ2) is 7.68. The SMILES string of the molecule is CC(C)CC(O)CNC(=O)C(=O)Nc1cc(F)cc(F)c1. The molecule has 3 N–H and O–H groups in total. The van der Waals surface area contributed by atoms with E-state index in [2.05, 4.69) is 10.6 Å². The van der Waals surface area contributed by atoms with Crippen LogP contribution in [0.25, 0.3) is 0 Å². The Morgan fingerprint density at radius 1 is 1.14 bits per heavy atom. The maximum atomic E-state index is 12.9. The molecule has 1 aromatic carbocycles. The number of carbonyl (C=O) groups excluding carboxylic acids is 2. The molecule has 0 saturated heterocycles. The van der Waals surface area contributed by atoms with Gasteiger partial charge in [0.05, 0.1) is 6.10 Å². The highest BCUT2D eigenvalue weighted by Crippen LogP contribution is 2.12. The summed E-state index contributed by atoms with van der Waals surface area (Å²) in [5.41, 5.74) is -0.157. The van der Waals surface area contributed by atoms with Crippen molar-refractivity contribution in [1.29, 1.82) is 0 Å². The van der Waals surface area contributed by atoms with E-state index in [1.165, 1.54) is 0 Å². The largest absolute Gasteiger partial charge is 0.391 e. The molecule has 0 aliphatic carbocycles. The van der Waals surface area contributed by atoms with E-state index in [1.807, 2.05) is 13.8 Å². The predicted molar refractivity (Wildman–Crippen MR) is 73.5 cm³/mol. The first-order valence-corrected chi connectivity index (χ1v) is 6.51. The molecule has 0 aliphatic heterocycles. The fourth-order valence-electron chi connectivity index (χ4n) is 1.73. The van der Waals surface area contributed by atoms with Gasteiger partial charge < -0.3 is 15.7 Å². The van der Waals surface area contributed by atoms with Crippen molar-refractivity contribution in [1.82, 2.24) is 5.32 Å². The number of aliphatic hydroxyl groups is 1. The molecule has 0 spiro atoms. The van der Waals surface area contributed by atoms with E-state index < -0.39 is 29.6 Å². The average Bonchev–Trinajstić information content (AvgIpc) is 2.33. The third-order valence-electron chi connectivity index (χ3n) is 2.57. The molecule has 2 amide bonds. The zero-order chi connectivity index (χ0) is 16.0. The molecule has 0 aliphatic rings. The molecule has 7 heteroatoms. The first-order chi connectivity index (χ1) is 9.77. The van der Waals surface area contributed by atoms with Crippen LogP contribution in [0.3, 0.4) is 0 Å². The summed E-state index contributed by atoms with van der Waals surface area (Å²) in [6, 6.07) is 2.43.